The summed E-state index contributed by atoms with van der Waals surface area (Å²) in [5, 5.41) is 8.03. The molecule has 16 heavy (non-hydrogen) atoms. The van der Waals surface area contributed by atoms with Gasteiger partial charge in [0.2, 0.25) is 0 Å². The van der Waals surface area contributed by atoms with Gasteiger partial charge >= 0.3 is 0 Å². The summed E-state index contributed by atoms with van der Waals surface area (Å²) < 4.78 is 12.9. The van der Waals surface area contributed by atoms with Crippen LogP contribution >= 0.6 is 23.4 Å². The van der Waals surface area contributed by atoms with Crippen LogP contribution < -0.4 is 0 Å². The molecule has 0 aliphatic heterocycles. The Balaban J connectivity index is 1.99. The van der Waals surface area contributed by atoms with E-state index >= 15 is 0 Å². The fourth-order valence-electron chi connectivity index (χ4n) is 1.13. The molecular formula is C11H8ClFN2S. The van der Waals surface area contributed by atoms with Gasteiger partial charge in [-0.25, -0.2) is 4.39 Å². The topological polar surface area (TPSA) is 25.8 Å². The number of nitrogens with zero attached hydrogens (tertiary/aromatic N) is 2. The van der Waals surface area contributed by atoms with Crippen molar-refractivity contribution >= 4 is 23.4 Å². The Morgan fingerprint density at radius 3 is 2.75 bits per heavy atom. The Bertz CT molecular complexity index is 476. The highest BCUT2D eigenvalue weighted by Gasteiger charge is 1.99. The van der Waals surface area contributed by atoms with Crippen molar-refractivity contribution in [3.05, 3.63) is 53.1 Å². The maximum atomic E-state index is 12.9. The average Bonchev–Trinajstić information content (AvgIpc) is 2.28. The van der Waals surface area contributed by atoms with Crippen LogP contribution in [-0.2, 0) is 5.75 Å². The van der Waals surface area contributed by atoms with Crippen LogP contribution in [0.25, 0.3) is 0 Å². The van der Waals surface area contributed by atoms with E-state index in [9.17, 15) is 4.39 Å². The van der Waals surface area contributed by atoms with Crippen molar-refractivity contribution in [3.63, 3.8) is 0 Å². The van der Waals surface area contributed by atoms with Gasteiger partial charge in [-0.15, -0.1) is 16.9 Å². The van der Waals surface area contributed by atoms with Crippen molar-refractivity contribution in [1.29, 1.82) is 0 Å². The van der Waals surface area contributed by atoms with E-state index in [-0.39, 0.29) is 5.82 Å². The third kappa shape index (κ3) is 3.18. The first kappa shape index (κ1) is 11.4. The monoisotopic (exact) mass is 254 g/mol. The minimum Gasteiger partial charge on any atom is -0.207 e. The van der Waals surface area contributed by atoms with Crippen molar-refractivity contribution in [1.82, 2.24) is 10.2 Å². The van der Waals surface area contributed by atoms with Gasteiger partial charge in [0.15, 0.2) is 5.15 Å². The third-order valence-corrected chi connectivity index (χ3v) is 3.10. The van der Waals surface area contributed by atoms with Crippen LogP contribution in [0.3, 0.4) is 0 Å². The molecule has 1 aromatic heterocycles. The maximum Gasteiger partial charge on any atom is 0.151 e. The number of benzene rings is 1. The van der Waals surface area contributed by atoms with E-state index in [4.69, 9.17) is 11.6 Å². The minimum absolute atomic E-state index is 0.229. The van der Waals surface area contributed by atoms with Crippen LogP contribution in [0.2, 0.25) is 5.15 Å². The molecule has 82 valence electrons. The van der Waals surface area contributed by atoms with Crippen molar-refractivity contribution < 1.29 is 4.39 Å². The summed E-state index contributed by atoms with van der Waals surface area (Å²) >= 11 is 7.13. The first-order valence-electron chi connectivity index (χ1n) is 4.60. The van der Waals surface area contributed by atoms with Crippen molar-refractivity contribution in [2.24, 2.45) is 0 Å². The average molecular weight is 255 g/mol. The van der Waals surface area contributed by atoms with E-state index in [1.54, 1.807) is 12.1 Å². The molecule has 2 aromatic rings. The van der Waals surface area contributed by atoms with Crippen LogP contribution in [0, 0.1) is 5.82 Å². The molecule has 2 nitrogen and oxygen atoms in total. The predicted octanol–water partition coefficient (Wildman–Crippen LogP) is 3.56. The first-order valence-corrected chi connectivity index (χ1v) is 5.97. The molecule has 0 spiro atoms. The molecule has 0 amide bonds. The lowest BCUT2D eigenvalue weighted by atomic mass is 10.4. The summed E-state index contributed by atoms with van der Waals surface area (Å²) in [5.74, 6) is 0.417. The highest BCUT2D eigenvalue weighted by atomic mass is 35.5. The highest BCUT2D eigenvalue weighted by molar-refractivity contribution is 7.98. The number of halogens is 2. The summed E-state index contributed by atoms with van der Waals surface area (Å²) in [6.07, 6.45) is 0. The summed E-state index contributed by atoms with van der Waals surface area (Å²) in [7, 11) is 0. The van der Waals surface area contributed by atoms with Crippen molar-refractivity contribution in [2.75, 3.05) is 0 Å². The van der Waals surface area contributed by atoms with Crippen LogP contribution in [0.4, 0.5) is 4.39 Å². The largest absolute Gasteiger partial charge is 0.207 e. The van der Waals surface area contributed by atoms with Gasteiger partial charge in [-0.05, 0) is 30.3 Å². The zero-order chi connectivity index (χ0) is 11.4. The van der Waals surface area contributed by atoms with Gasteiger partial charge in [-0.3, -0.25) is 0 Å². The van der Waals surface area contributed by atoms with E-state index in [1.807, 2.05) is 12.1 Å². The fourth-order valence-corrected chi connectivity index (χ4v) is 2.07. The second-order valence-electron chi connectivity index (χ2n) is 3.09. The zero-order valence-corrected chi connectivity index (χ0v) is 9.80. The van der Waals surface area contributed by atoms with Gasteiger partial charge in [0.1, 0.15) is 5.82 Å². The van der Waals surface area contributed by atoms with Crippen LogP contribution in [0.1, 0.15) is 5.69 Å². The Kier molecular flexibility index (Phi) is 3.74. The van der Waals surface area contributed by atoms with Crippen molar-refractivity contribution in [2.45, 2.75) is 10.6 Å². The Hall–Kier alpha value is -1.13. The van der Waals surface area contributed by atoms with Gasteiger partial charge in [0, 0.05) is 10.6 Å². The molecule has 0 fully saturated rings. The van der Waals surface area contributed by atoms with E-state index in [0.29, 0.717) is 10.9 Å². The van der Waals surface area contributed by atoms with E-state index in [2.05, 4.69) is 10.2 Å². The molecule has 0 aliphatic rings. The van der Waals surface area contributed by atoms with Gasteiger partial charge < -0.3 is 0 Å². The Labute approximate surface area is 102 Å². The number of rotatable bonds is 3. The molecule has 5 heteroatoms. The second-order valence-corrected chi connectivity index (χ2v) is 4.53. The quantitative estimate of drug-likeness (QED) is 0.784. The summed E-state index contributed by atoms with van der Waals surface area (Å²) in [5.41, 5.74) is 0.818. The molecule has 0 unspecified atom stereocenters. The van der Waals surface area contributed by atoms with Gasteiger partial charge in [0.25, 0.3) is 0 Å². The maximum absolute atomic E-state index is 12.9. The van der Waals surface area contributed by atoms with Gasteiger partial charge in [-0.1, -0.05) is 17.7 Å². The Morgan fingerprint density at radius 2 is 2.06 bits per heavy atom. The molecule has 0 atom stereocenters. The third-order valence-electron chi connectivity index (χ3n) is 1.87. The van der Waals surface area contributed by atoms with Crippen LogP contribution in [0.5, 0.6) is 0 Å². The molecule has 0 aliphatic carbocycles. The van der Waals surface area contributed by atoms with Gasteiger partial charge in [0.05, 0.1) is 5.69 Å². The van der Waals surface area contributed by atoms with E-state index < -0.39 is 0 Å². The number of aromatic nitrogens is 2. The molecule has 0 bridgehead atoms. The highest BCUT2D eigenvalue weighted by Crippen LogP contribution is 2.22. The van der Waals surface area contributed by atoms with Crippen LogP contribution in [0.15, 0.2) is 41.3 Å². The van der Waals surface area contributed by atoms with E-state index in [0.717, 1.165) is 10.6 Å². The SMILES string of the molecule is Fc1cccc(SCc2ccc(Cl)nn2)c1. The summed E-state index contributed by atoms with van der Waals surface area (Å²) in [6.45, 7) is 0. The number of hydrogen-bond acceptors (Lipinski definition) is 3. The molecule has 0 saturated carbocycles. The predicted molar refractivity (Wildman–Crippen MR) is 63.0 cm³/mol. The Morgan fingerprint density at radius 1 is 1.19 bits per heavy atom. The molecule has 0 radical (unpaired) electrons. The molecule has 0 N–H and O–H groups in total. The van der Waals surface area contributed by atoms with Crippen molar-refractivity contribution in [3.8, 4) is 0 Å². The summed E-state index contributed by atoms with van der Waals surface area (Å²) in [4.78, 5) is 0.872. The lowest BCUT2D eigenvalue weighted by Gasteiger charge is -2.00. The lowest BCUT2D eigenvalue weighted by molar-refractivity contribution is 0.624. The fraction of sp³-hybridized carbons (Fsp3) is 0.0909. The van der Waals surface area contributed by atoms with E-state index in [1.165, 1.54) is 23.9 Å². The molecule has 0 saturated heterocycles. The first-order chi connectivity index (χ1) is 7.74. The second kappa shape index (κ2) is 5.27. The van der Waals surface area contributed by atoms with Gasteiger partial charge in [-0.2, -0.15) is 5.10 Å². The standard InChI is InChI=1S/C11H8ClFN2S/c12-11-5-4-9(14-15-11)7-16-10-3-1-2-8(13)6-10/h1-6H,7H2. The number of hydrogen-bond donors (Lipinski definition) is 0. The zero-order valence-electron chi connectivity index (χ0n) is 8.23. The smallest absolute Gasteiger partial charge is 0.151 e. The summed E-state index contributed by atoms with van der Waals surface area (Å²) in [6, 6.07) is 9.96. The molecule has 1 heterocycles. The lowest BCUT2D eigenvalue weighted by Crippen LogP contribution is -1.89. The molecule has 2 rings (SSSR count). The van der Waals surface area contributed by atoms with Crippen LogP contribution in [-0.4, -0.2) is 10.2 Å². The number of thioether (sulfide) groups is 1. The normalized spacial score (nSPS) is 10.4. The molecular weight excluding hydrogens is 247 g/mol. The minimum atomic E-state index is -0.229. The molecule has 1 aromatic carbocycles.